The van der Waals surface area contributed by atoms with Crippen LogP contribution < -0.4 is 0 Å². The third-order valence-electron chi connectivity index (χ3n) is 0.978. The largest absolute Gasteiger partial charge is 0.429 e. The van der Waals surface area contributed by atoms with E-state index in [1.165, 1.54) is 6.08 Å². The predicted molar refractivity (Wildman–Crippen MR) is 34.0 cm³/mol. The summed E-state index contributed by atoms with van der Waals surface area (Å²) >= 11 is 3.06. The second-order valence-corrected chi connectivity index (χ2v) is 2.18. The highest BCUT2D eigenvalue weighted by atomic mass is 79.9. The lowest BCUT2D eigenvalue weighted by Gasteiger charge is -1.95. The summed E-state index contributed by atoms with van der Waals surface area (Å²) in [4.78, 5) is 10.5. The van der Waals surface area contributed by atoms with Gasteiger partial charge in [0.25, 0.3) is 0 Å². The molecule has 0 bridgehead atoms. The lowest BCUT2D eigenvalue weighted by atomic mass is 10.3. The molecular weight excluding hydrogens is 188 g/mol. The fourth-order valence-electron chi connectivity index (χ4n) is 0.559. The zero-order valence-electron chi connectivity index (χ0n) is 4.50. The first-order chi connectivity index (χ1) is 4.24. The fraction of sp³-hybridized carbons (Fsp3) is 0.400. The Balaban J connectivity index is 2.68. The number of aliphatic hydroxyl groups is 1. The Morgan fingerprint density at radius 2 is 2.56 bits per heavy atom. The molecule has 0 saturated carbocycles. The van der Waals surface area contributed by atoms with Gasteiger partial charge in [-0.25, -0.2) is 4.79 Å². The molecule has 1 unspecified atom stereocenters. The molecule has 1 rings (SSSR count). The van der Waals surface area contributed by atoms with Gasteiger partial charge in [-0.1, -0.05) is 15.9 Å². The van der Waals surface area contributed by atoms with Crippen molar-refractivity contribution in [3.63, 3.8) is 0 Å². The molecule has 0 spiro atoms. The Labute approximate surface area is 60.4 Å². The van der Waals surface area contributed by atoms with E-state index in [1.807, 2.05) is 0 Å². The van der Waals surface area contributed by atoms with Crippen LogP contribution in [0.25, 0.3) is 0 Å². The van der Waals surface area contributed by atoms with Crippen LogP contribution in [0, 0.1) is 0 Å². The average Bonchev–Trinajstić information content (AvgIpc) is 2.10. The number of hydrogen-bond donors (Lipinski definition) is 1. The zero-order valence-corrected chi connectivity index (χ0v) is 6.09. The summed E-state index contributed by atoms with van der Waals surface area (Å²) in [6, 6.07) is 0. The molecule has 0 aliphatic carbocycles. The normalized spacial score (nSPS) is 25.8. The number of rotatable bonds is 1. The van der Waals surface area contributed by atoms with Crippen LogP contribution in [-0.2, 0) is 9.53 Å². The number of aliphatic hydroxyl groups excluding tert-OH is 1. The van der Waals surface area contributed by atoms with Crippen molar-refractivity contribution in [1.82, 2.24) is 0 Å². The van der Waals surface area contributed by atoms with Crippen LogP contribution in [0.1, 0.15) is 0 Å². The van der Waals surface area contributed by atoms with Crippen molar-refractivity contribution in [2.45, 2.75) is 6.29 Å². The van der Waals surface area contributed by atoms with Crippen molar-refractivity contribution in [3.8, 4) is 0 Å². The molecule has 1 aliphatic rings. The van der Waals surface area contributed by atoms with Crippen molar-refractivity contribution in [3.05, 3.63) is 11.6 Å². The highest BCUT2D eigenvalue weighted by Crippen LogP contribution is 2.12. The summed E-state index contributed by atoms with van der Waals surface area (Å²) in [5, 5.41) is 9.09. The van der Waals surface area contributed by atoms with Gasteiger partial charge in [0.15, 0.2) is 0 Å². The van der Waals surface area contributed by atoms with Crippen molar-refractivity contribution in [2.24, 2.45) is 0 Å². The lowest BCUT2D eigenvalue weighted by molar-refractivity contribution is -0.151. The number of hydrogen-bond acceptors (Lipinski definition) is 3. The van der Waals surface area contributed by atoms with Gasteiger partial charge >= 0.3 is 5.97 Å². The van der Waals surface area contributed by atoms with E-state index in [9.17, 15) is 4.79 Å². The van der Waals surface area contributed by atoms with E-state index >= 15 is 0 Å². The van der Waals surface area contributed by atoms with Crippen LogP contribution >= 0.6 is 15.9 Å². The van der Waals surface area contributed by atoms with Gasteiger partial charge in [-0.3, -0.25) is 0 Å². The van der Waals surface area contributed by atoms with Crippen LogP contribution in [0.15, 0.2) is 11.6 Å². The highest BCUT2D eigenvalue weighted by Gasteiger charge is 2.21. The molecule has 9 heavy (non-hydrogen) atoms. The van der Waals surface area contributed by atoms with Gasteiger partial charge < -0.3 is 9.84 Å². The maximum Gasteiger partial charge on any atom is 0.337 e. The first kappa shape index (κ1) is 6.77. The van der Waals surface area contributed by atoms with E-state index in [4.69, 9.17) is 5.11 Å². The van der Waals surface area contributed by atoms with E-state index < -0.39 is 12.3 Å². The molecule has 0 fully saturated rings. The molecular formula is C5H5BrO3. The summed E-state index contributed by atoms with van der Waals surface area (Å²) in [7, 11) is 0. The van der Waals surface area contributed by atoms with Gasteiger partial charge in [0.05, 0.1) is 0 Å². The lowest BCUT2D eigenvalue weighted by Crippen LogP contribution is -2.06. The fourth-order valence-corrected chi connectivity index (χ4v) is 0.974. The van der Waals surface area contributed by atoms with Crippen LogP contribution in [0.2, 0.25) is 0 Å². The minimum Gasteiger partial charge on any atom is -0.429 e. The number of carbonyl (C=O) groups excluding carboxylic acids is 1. The molecule has 0 saturated heterocycles. The maximum absolute atomic E-state index is 10.5. The van der Waals surface area contributed by atoms with E-state index in [0.29, 0.717) is 10.9 Å². The quantitative estimate of drug-likeness (QED) is 0.477. The first-order valence-electron chi connectivity index (χ1n) is 2.39. The highest BCUT2D eigenvalue weighted by molar-refractivity contribution is 9.09. The predicted octanol–water partition coefficient (Wildman–Crippen LogP) is 0.183. The Morgan fingerprint density at radius 1 is 1.89 bits per heavy atom. The second-order valence-electron chi connectivity index (χ2n) is 1.62. The molecule has 4 heteroatoms. The first-order valence-corrected chi connectivity index (χ1v) is 3.52. The number of ether oxygens (including phenoxy) is 1. The van der Waals surface area contributed by atoms with Crippen molar-refractivity contribution >= 4 is 21.9 Å². The Morgan fingerprint density at radius 3 is 2.78 bits per heavy atom. The third-order valence-corrected chi connectivity index (χ3v) is 1.58. The number of alkyl halides is 1. The summed E-state index contributed by atoms with van der Waals surface area (Å²) in [5.41, 5.74) is 0.475. The SMILES string of the molecule is O=C1OC(O)C=C1CBr. The monoisotopic (exact) mass is 192 g/mol. The van der Waals surface area contributed by atoms with Crippen molar-refractivity contribution < 1.29 is 14.6 Å². The standard InChI is InChI=1S/C5H5BrO3/c6-2-3-1-4(7)9-5(3)8/h1,4,7H,2H2. The molecule has 0 radical (unpaired) electrons. The average molecular weight is 193 g/mol. The van der Waals surface area contributed by atoms with Gasteiger partial charge in [0, 0.05) is 10.9 Å². The molecule has 0 aromatic rings. The van der Waals surface area contributed by atoms with Crippen molar-refractivity contribution in [1.29, 1.82) is 0 Å². The van der Waals surface area contributed by atoms with E-state index in [0.717, 1.165) is 0 Å². The van der Waals surface area contributed by atoms with Crippen LogP contribution in [0.4, 0.5) is 0 Å². The summed E-state index contributed by atoms with van der Waals surface area (Å²) in [5.74, 6) is -0.445. The third kappa shape index (κ3) is 1.31. The van der Waals surface area contributed by atoms with Gasteiger partial charge in [-0.05, 0) is 6.08 Å². The summed E-state index contributed by atoms with van der Waals surface area (Å²) < 4.78 is 4.36. The van der Waals surface area contributed by atoms with Crippen molar-refractivity contribution in [2.75, 3.05) is 5.33 Å². The Kier molecular flexibility index (Phi) is 1.87. The van der Waals surface area contributed by atoms with Gasteiger partial charge in [-0.2, -0.15) is 0 Å². The van der Waals surface area contributed by atoms with Crippen LogP contribution in [0.3, 0.4) is 0 Å². The smallest absolute Gasteiger partial charge is 0.337 e. The molecule has 3 nitrogen and oxygen atoms in total. The number of carbonyl (C=O) groups is 1. The zero-order chi connectivity index (χ0) is 6.85. The number of esters is 1. The van der Waals surface area contributed by atoms with Gasteiger partial charge in [0.2, 0.25) is 6.29 Å². The number of halogens is 1. The molecule has 1 N–H and O–H groups in total. The van der Waals surface area contributed by atoms with E-state index in [1.54, 1.807) is 0 Å². The maximum atomic E-state index is 10.5. The molecule has 0 amide bonds. The van der Waals surface area contributed by atoms with E-state index in [-0.39, 0.29) is 0 Å². The molecule has 1 aliphatic heterocycles. The second kappa shape index (κ2) is 2.49. The molecule has 1 atom stereocenters. The van der Waals surface area contributed by atoms with E-state index in [2.05, 4.69) is 20.7 Å². The van der Waals surface area contributed by atoms with Crippen LogP contribution in [0.5, 0.6) is 0 Å². The van der Waals surface area contributed by atoms with Gasteiger partial charge in [0.1, 0.15) is 0 Å². The molecule has 1 heterocycles. The minimum atomic E-state index is -1.04. The molecule has 0 aromatic heterocycles. The van der Waals surface area contributed by atoms with Crippen LogP contribution in [-0.4, -0.2) is 22.7 Å². The topological polar surface area (TPSA) is 46.5 Å². The molecule has 50 valence electrons. The minimum absolute atomic E-state index is 0.433. The Hall–Kier alpha value is -0.350. The molecule has 0 aromatic carbocycles. The summed E-state index contributed by atoms with van der Waals surface area (Å²) in [6.07, 6.45) is 0.335. The number of cyclic esters (lactones) is 1. The Bertz CT molecular complexity index is 164. The van der Waals surface area contributed by atoms with Gasteiger partial charge in [-0.15, -0.1) is 0 Å². The summed E-state index contributed by atoms with van der Waals surface area (Å²) in [6.45, 7) is 0.